The van der Waals surface area contributed by atoms with Gasteiger partial charge in [0.15, 0.2) is 0 Å². The average Bonchev–Trinajstić information content (AvgIpc) is 2.42. The third kappa shape index (κ3) is 4.76. The van der Waals surface area contributed by atoms with Crippen molar-refractivity contribution in [2.24, 2.45) is 0 Å². The number of likely N-dealkylation sites (N-methyl/N-ethyl adjacent to an activating group) is 1. The lowest BCUT2D eigenvalue weighted by molar-refractivity contribution is 0.181. The summed E-state index contributed by atoms with van der Waals surface area (Å²) in [6, 6.07) is 4.63. The third-order valence-corrected chi connectivity index (χ3v) is 3.50. The van der Waals surface area contributed by atoms with Crippen LogP contribution in [0.25, 0.3) is 0 Å². The molecule has 0 saturated carbocycles. The highest BCUT2D eigenvalue weighted by Gasteiger charge is 2.14. The van der Waals surface area contributed by atoms with Crippen LogP contribution in [0.15, 0.2) is 12.1 Å². The van der Waals surface area contributed by atoms with Crippen LogP contribution in [0.1, 0.15) is 38.4 Å². The summed E-state index contributed by atoms with van der Waals surface area (Å²) in [6.07, 6.45) is 1.16. The largest absolute Gasteiger partial charge is 0.383 e. The molecule has 0 bridgehead atoms. The fraction of sp³-hybridized carbons (Fsp3) is 0.688. The van der Waals surface area contributed by atoms with E-state index in [1.54, 1.807) is 7.11 Å². The van der Waals surface area contributed by atoms with Gasteiger partial charge in [0, 0.05) is 25.9 Å². The number of nitrogens with one attached hydrogen (secondary N) is 1. The van der Waals surface area contributed by atoms with Crippen molar-refractivity contribution in [1.29, 1.82) is 0 Å². The van der Waals surface area contributed by atoms with E-state index in [4.69, 9.17) is 9.72 Å². The van der Waals surface area contributed by atoms with Crippen LogP contribution in [0.3, 0.4) is 0 Å². The molecular formula is C16H29N3O. The number of aromatic nitrogens is 1. The Morgan fingerprint density at radius 3 is 2.65 bits per heavy atom. The minimum atomic E-state index is 0.334. The molecular weight excluding hydrogens is 250 g/mol. The first-order valence-electron chi connectivity index (χ1n) is 7.56. The third-order valence-electron chi connectivity index (χ3n) is 3.50. The van der Waals surface area contributed by atoms with Crippen molar-refractivity contribution in [3.63, 3.8) is 0 Å². The summed E-state index contributed by atoms with van der Waals surface area (Å²) in [5.41, 5.74) is 2.38. The van der Waals surface area contributed by atoms with Gasteiger partial charge in [-0.25, -0.2) is 4.98 Å². The number of aryl methyl sites for hydroxylation is 1. The highest BCUT2D eigenvalue weighted by atomic mass is 16.5. The molecule has 20 heavy (non-hydrogen) atoms. The summed E-state index contributed by atoms with van der Waals surface area (Å²) >= 11 is 0. The van der Waals surface area contributed by atoms with Crippen molar-refractivity contribution in [3.8, 4) is 0 Å². The average molecular weight is 279 g/mol. The number of nitrogens with zero attached hydrogens (tertiary/aromatic N) is 2. The number of methoxy groups -OCH3 is 1. The monoisotopic (exact) mass is 279 g/mol. The zero-order valence-corrected chi connectivity index (χ0v) is 13.6. The van der Waals surface area contributed by atoms with Gasteiger partial charge in [-0.3, -0.25) is 0 Å². The lowest BCUT2D eigenvalue weighted by Gasteiger charge is -2.29. The topological polar surface area (TPSA) is 37.4 Å². The lowest BCUT2D eigenvalue weighted by atomic mass is 10.2. The van der Waals surface area contributed by atoms with E-state index in [-0.39, 0.29) is 0 Å². The van der Waals surface area contributed by atoms with Crippen molar-refractivity contribution in [3.05, 3.63) is 23.4 Å². The number of hydrogen-bond acceptors (Lipinski definition) is 4. The summed E-state index contributed by atoms with van der Waals surface area (Å²) in [4.78, 5) is 7.03. The second kappa shape index (κ2) is 8.93. The number of rotatable bonds is 9. The van der Waals surface area contributed by atoms with Gasteiger partial charge in [-0.2, -0.15) is 0 Å². The summed E-state index contributed by atoms with van der Waals surface area (Å²) < 4.78 is 5.25. The van der Waals surface area contributed by atoms with Gasteiger partial charge in [0.1, 0.15) is 5.82 Å². The molecule has 4 nitrogen and oxygen atoms in total. The zero-order chi connectivity index (χ0) is 15.0. The van der Waals surface area contributed by atoms with Crippen molar-refractivity contribution in [2.45, 2.75) is 46.7 Å². The minimum Gasteiger partial charge on any atom is -0.383 e. The van der Waals surface area contributed by atoms with Crippen LogP contribution < -0.4 is 10.2 Å². The van der Waals surface area contributed by atoms with E-state index in [0.29, 0.717) is 12.6 Å². The van der Waals surface area contributed by atoms with Crippen LogP contribution in [0, 0.1) is 6.92 Å². The molecule has 1 aromatic heterocycles. The molecule has 1 N–H and O–H groups in total. The van der Waals surface area contributed by atoms with Crippen LogP contribution in [0.5, 0.6) is 0 Å². The zero-order valence-electron chi connectivity index (χ0n) is 13.6. The second-order valence-electron chi connectivity index (χ2n) is 5.18. The standard InChI is InChI=1S/C16H29N3O/c1-6-10-17-11-15-8-9-16(18-14(15)4)19(7-2)13(3)12-20-5/h8-9,13,17H,6-7,10-12H2,1-5H3. The maximum atomic E-state index is 5.25. The van der Waals surface area contributed by atoms with Gasteiger partial charge in [0.2, 0.25) is 0 Å². The summed E-state index contributed by atoms with van der Waals surface area (Å²) in [7, 11) is 1.74. The molecule has 1 aromatic rings. The van der Waals surface area contributed by atoms with Crippen LogP contribution in [0.4, 0.5) is 5.82 Å². The highest BCUT2D eigenvalue weighted by Crippen LogP contribution is 2.17. The van der Waals surface area contributed by atoms with Crippen LogP contribution in [0.2, 0.25) is 0 Å². The molecule has 1 rings (SSSR count). The maximum Gasteiger partial charge on any atom is 0.129 e. The molecule has 0 radical (unpaired) electrons. The first-order chi connectivity index (χ1) is 9.63. The van der Waals surface area contributed by atoms with Crippen LogP contribution >= 0.6 is 0 Å². The molecule has 0 amide bonds. The van der Waals surface area contributed by atoms with Gasteiger partial charge in [-0.05, 0) is 45.4 Å². The molecule has 0 aliphatic rings. The van der Waals surface area contributed by atoms with Gasteiger partial charge in [0.05, 0.1) is 12.6 Å². The molecule has 0 aliphatic carbocycles. The van der Waals surface area contributed by atoms with Crippen molar-refractivity contribution in [2.75, 3.05) is 31.7 Å². The second-order valence-corrected chi connectivity index (χ2v) is 5.18. The molecule has 1 heterocycles. The molecule has 4 heteroatoms. The molecule has 0 aromatic carbocycles. The van der Waals surface area contributed by atoms with Crippen molar-refractivity contribution < 1.29 is 4.74 Å². The van der Waals surface area contributed by atoms with Gasteiger partial charge >= 0.3 is 0 Å². The van der Waals surface area contributed by atoms with Gasteiger partial charge < -0.3 is 15.0 Å². The Morgan fingerprint density at radius 2 is 2.10 bits per heavy atom. The SMILES string of the molecule is CCCNCc1ccc(N(CC)C(C)COC)nc1C. The first kappa shape index (κ1) is 16.9. The smallest absolute Gasteiger partial charge is 0.129 e. The van der Waals surface area contributed by atoms with Crippen molar-refractivity contribution >= 4 is 5.82 Å². The molecule has 114 valence electrons. The van der Waals surface area contributed by atoms with E-state index >= 15 is 0 Å². The predicted octanol–water partition coefficient (Wildman–Crippen LogP) is 2.75. The fourth-order valence-electron chi connectivity index (χ4n) is 2.35. The molecule has 0 aliphatic heterocycles. The Kier molecular flexibility index (Phi) is 7.55. The lowest BCUT2D eigenvalue weighted by Crippen LogP contribution is -2.36. The summed E-state index contributed by atoms with van der Waals surface area (Å²) in [6.45, 7) is 12.2. The Hall–Kier alpha value is -1.13. The summed E-state index contributed by atoms with van der Waals surface area (Å²) in [5, 5.41) is 3.42. The van der Waals surface area contributed by atoms with Gasteiger partial charge in [0.25, 0.3) is 0 Å². The maximum absolute atomic E-state index is 5.25. The van der Waals surface area contributed by atoms with Crippen molar-refractivity contribution in [1.82, 2.24) is 10.3 Å². The van der Waals surface area contributed by atoms with E-state index in [1.165, 1.54) is 5.56 Å². The summed E-state index contributed by atoms with van der Waals surface area (Å²) in [5.74, 6) is 1.04. The first-order valence-corrected chi connectivity index (χ1v) is 7.56. The van der Waals surface area contributed by atoms with E-state index < -0.39 is 0 Å². The quantitative estimate of drug-likeness (QED) is 0.705. The molecule has 0 fully saturated rings. The van der Waals surface area contributed by atoms with E-state index in [9.17, 15) is 0 Å². The van der Waals surface area contributed by atoms with Gasteiger partial charge in [-0.1, -0.05) is 13.0 Å². The van der Waals surface area contributed by atoms with E-state index in [0.717, 1.165) is 37.6 Å². The number of hydrogen-bond donors (Lipinski definition) is 1. The van der Waals surface area contributed by atoms with Crippen LogP contribution in [-0.4, -0.2) is 37.8 Å². The Balaban J connectivity index is 2.78. The molecule has 1 unspecified atom stereocenters. The molecule has 1 atom stereocenters. The number of ether oxygens (including phenoxy) is 1. The molecule has 0 saturated heterocycles. The van der Waals surface area contributed by atoms with E-state index in [1.807, 2.05) is 0 Å². The Morgan fingerprint density at radius 1 is 1.35 bits per heavy atom. The van der Waals surface area contributed by atoms with Crippen LogP contribution in [-0.2, 0) is 11.3 Å². The normalized spacial score (nSPS) is 12.4. The highest BCUT2D eigenvalue weighted by molar-refractivity contribution is 5.42. The van der Waals surface area contributed by atoms with Gasteiger partial charge in [-0.15, -0.1) is 0 Å². The van der Waals surface area contributed by atoms with E-state index in [2.05, 4.69) is 50.0 Å². The molecule has 0 spiro atoms. The predicted molar refractivity (Wildman–Crippen MR) is 85.3 cm³/mol. The minimum absolute atomic E-state index is 0.334. The number of pyridine rings is 1. The Labute approximate surface area is 123 Å². The fourth-order valence-corrected chi connectivity index (χ4v) is 2.35. The Bertz CT molecular complexity index is 395. The number of anilines is 1.